The van der Waals surface area contributed by atoms with Gasteiger partial charge in [-0.2, -0.15) is 0 Å². The monoisotopic (exact) mass is 329 g/mol. The Hall–Kier alpha value is -2.80. The fraction of sp³-hybridized carbons (Fsp3) is 0.294. The first-order valence-electron chi connectivity index (χ1n) is 7.43. The molecule has 0 radical (unpaired) electrons. The summed E-state index contributed by atoms with van der Waals surface area (Å²) in [4.78, 5) is 18.8. The van der Waals surface area contributed by atoms with Gasteiger partial charge in [0.2, 0.25) is 0 Å². The molecule has 0 unspecified atom stereocenters. The van der Waals surface area contributed by atoms with Gasteiger partial charge in [0, 0.05) is 40.8 Å². The van der Waals surface area contributed by atoms with Crippen molar-refractivity contribution in [1.29, 1.82) is 0 Å². The fourth-order valence-electron chi connectivity index (χ4n) is 2.98. The van der Waals surface area contributed by atoms with Gasteiger partial charge in [-0.3, -0.25) is 4.98 Å². The maximum atomic E-state index is 11.0. The standard InChI is InChI=1S/C17H19N3O4/c1-17(2,24-16(21)22)15-14-13(9(7-19-15)8-23-3)11-6-10(18)4-5-12(11)20-14/h4-7,20H,8,18H2,1-3H3,(H,21,22). The molecule has 0 aliphatic rings. The highest BCUT2D eigenvalue weighted by atomic mass is 16.7. The molecule has 7 heteroatoms. The van der Waals surface area contributed by atoms with E-state index in [0.717, 1.165) is 27.4 Å². The number of nitrogen functional groups attached to an aromatic ring is 1. The summed E-state index contributed by atoms with van der Waals surface area (Å²) in [6.07, 6.45) is 0.334. The Morgan fingerprint density at radius 1 is 1.42 bits per heavy atom. The minimum Gasteiger partial charge on any atom is -0.450 e. The van der Waals surface area contributed by atoms with Crippen LogP contribution in [0.2, 0.25) is 0 Å². The van der Waals surface area contributed by atoms with Crippen LogP contribution in [0.1, 0.15) is 25.1 Å². The minimum absolute atomic E-state index is 0.381. The van der Waals surface area contributed by atoms with Crippen molar-refractivity contribution >= 4 is 33.6 Å². The highest BCUT2D eigenvalue weighted by Gasteiger charge is 2.31. The number of benzene rings is 1. The summed E-state index contributed by atoms with van der Waals surface area (Å²) < 4.78 is 10.3. The molecule has 4 N–H and O–H groups in total. The number of nitrogens with one attached hydrogen (secondary N) is 1. The number of fused-ring (bicyclic) bond motifs is 3. The molecule has 0 amide bonds. The van der Waals surface area contributed by atoms with E-state index in [0.29, 0.717) is 18.0 Å². The van der Waals surface area contributed by atoms with Gasteiger partial charge in [-0.15, -0.1) is 0 Å². The molecular weight excluding hydrogens is 310 g/mol. The lowest BCUT2D eigenvalue weighted by Gasteiger charge is -2.23. The van der Waals surface area contributed by atoms with E-state index in [1.54, 1.807) is 33.2 Å². The van der Waals surface area contributed by atoms with Crippen LogP contribution in [-0.4, -0.2) is 28.3 Å². The third-order valence-electron chi connectivity index (χ3n) is 3.94. The number of ether oxygens (including phenoxy) is 2. The minimum atomic E-state index is -1.35. The summed E-state index contributed by atoms with van der Waals surface area (Å²) in [5.74, 6) is 0. The van der Waals surface area contributed by atoms with Crippen molar-refractivity contribution in [1.82, 2.24) is 9.97 Å². The number of nitrogens with zero attached hydrogens (tertiary/aromatic N) is 1. The molecule has 0 bridgehead atoms. The number of pyridine rings is 1. The van der Waals surface area contributed by atoms with E-state index in [1.807, 2.05) is 12.1 Å². The normalized spacial score (nSPS) is 12.0. The van der Waals surface area contributed by atoms with E-state index in [2.05, 4.69) is 9.97 Å². The number of aromatic amines is 1. The molecular formula is C17H19N3O4. The van der Waals surface area contributed by atoms with E-state index < -0.39 is 11.8 Å². The van der Waals surface area contributed by atoms with Crippen LogP contribution >= 0.6 is 0 Å². The molecule has 3 aromatic rings. The first kappa shape index (κ1) is 16.1. The molecule has 0 aliphatic carbocycles. The lowest BCUT2D eigenvalue weighted by molar-refractivity contribution is -0.000649. The number of carboxylic acid groups (broad SMARTS) is 1. The van der Waals surface area contributed by atoms with Gasteiger partial charge in [0.15, 0.2) is 5.60 Å². The molecule has 7 nitrogen and oxygen atoms in total. The van der Waals surface area contributed by atoms with E-state index in [-0.39, 0.29) is 0 Å². The second-order valence-corrected chi connectivity index (χ2v) is 6.12. The maximum Gasteiger partial charge on any atom is 0.506 e. The van der Waals surface area contributed by atoms with Crippen LogP contribution in [0.5, 0.6) is 0 Å². The van der Waals surface area contributed by atoms with Crippen molar-refractivity contribution in [3.63, 3.8) is 0 Å². The van der Waals surface area contributed by atoms with Crippen molar-refractivity contribution in [3.8, 4) is 0 Å². The van der Waals surface area contributed by atoms with E-state index in [9.17, 15) is 4.79 Å². The predicted octanol–water partition coefficient (Wildman–Crippen LogP) is 3.37. The predicted molar refractivity (Wildman–Crippen MR) is 90.9 cm³/mol. The first-order chi connectivity index (χ1) is 11.3. The highest BCUT2D eigenvalue weighted by molar-refractivity contribution is 6.10. The molecule has 24 heavy (non-hydrogen) atoms. The Morgan fingerprint density at radius 3 is 2.83 bits per heavy atom. The van der Waals surface area contributed by atoms with Crippen LogP contribution in [0.25, 0.3) is 21.8 Å². The van der Waals surface area contributed by atoms with E-state index >= 15 is 0 Å². The molecule has 2 heterocycles. The molecule has 0 fully saturated rings. The largest absolute Gasteiger partial charge is 0.506 e. The molecule has 126 valence electrons. The molecule has 3 rings (SSSR count). The Kier molecular flexibility index (Phi) is 3.81. The molecule has 0 spiro atoms. The van der Waals surface area contributed by atoms with Crippen molar-refractivity contribution in [3.05, 3.63) is 35.7 Å². The van der Waals surface area contributed by atoms with Gasteiger partial charge in [0.1, 0.15) is 5.69 Å². The first-order valence-corrected chi connectivity index (χ1v) is 7.43. The van der Waals surface area contributed by atoms with Crippen molar-refractivity contribution in [2.24, 2.45) is 0 Å². The van der Waals surface area contributed by atoms with Crippen LogP contribution in [0.4, 0.5) is 10.5 Å². The highest BCUT2D eigenvalue weighted by Crippen LogP contribution is 2.36. The van der Waals surface area contributed by atoms with Gasteiger partial charge in [-0.05, 0) is 32.0 Å². The second-order valence-electron chi connectivity index (χ2n) is 6.12. The lowest BCUT2D eigenvalue weighted by Crippen LogP contribution is -2.26. The fourth-order valence-corrected chi connectivity index (χ4v) is 2.98. The Bertz CT molecular complexity index is 930. The quantitative estimate of drug-likeness (QED) is 0.500. The van der Waals surface area contributed by atoms with Crippen molar-refractivity contribution in [2.75, 3.05) is 12.8 Å². The number of rotatable bonds is 4. The lowest BCUT2D eigenvalue weighted by atomic mass is 9.99. The number of methoxy groups -OCH3 is 1. The number of hydrogen-bond acceptors (Lipinski definition) is 5. The van der Waals surface area contributed by atoms with Crippen LogP contribution in [0.3, 0.4) is 0 Å². The van der Waals surface area contributed by atoms with Crippen molar-refractivity contribution in [2.45, 2.75) is 26.1 Å². The smallest absolute Gasteiger partial charge is 0.450 e. The summed E-state index contributed by atoms with van der Waals surface area (Å²) in [5.41, 5.74) is 8.46. The number of anilines is 1. The Morgan fingerprint density at radius 2 is 2.17 bits per heavy atom. The molecule has 1 aromatic carbocycles. The summed E-state index contributed by atoms with van der Waals surface area (Å²) in [6, 6.07) is 5.57. The topological polar surface area (TPSA) is 110 Å². The molecule has 0 saturated carbocycles. The van der Waals surface area contributed by atoms with Gasteiger partial charge in [0.25, 0.3) is 0 Å². The number of aromatic nitrogens is 2. The Labute approximate surface area is 138 Å². The van der Waals surface area contributed by atoms with Crippen LogP contribution in [0, 0.1) is 0 Å². The molecule has 2 aromatic heterocycles. The summed E-state index contributed by atoms with van der Waals surface area (Å²) >= 11 is 0. The number of H-pyrrole nitrogens is 1. The average Bonchev–Trinajstić information content (AvgIpc) is 2.85. The Balaban J connectivity index is 2.35. The van der Waals surface area contributed by atoms with Crippen LogP contribution < -0.4 is 5.73 Å². The van der Waals surface area contributed by atoms with Gasteiger partial charge in [-0.25, -0.2) is 4.79 Å². The molecule has 0 atom stereocenters. The van der Waals surface area contributed by atoms with Gasteiger partial charge in [-0.1, -0.05) is 0 Å². The summed E-state index contributed by atoms with van der Waals surface area (Å²) in [5, 5.41) is 10.8. The van der Waals surface area contributed by atoms with Gasteiger partial charge >= 0.3 is 6.16 Å². The summed E-state index contributed by atoms with van der Waals surface area (Å²) in [6.45, 7) is 3.71. The molecule has 0 aliphatic heterocycles. The van der Waals surface area contributed by atoms with Gasteiger partial charge < -0.3 is 25.3 Å². The SMILES string of the molecule is COCc1cnc(C(C)(C)OC(=O)O)c2[nH]c3ccc(N)cc3c12. The second kappa shape index (κ2) is 5.68. The third kappa shape index (κ3) is 2.63. The zero-order chi connectivity index (χ0) is 17.5. The number of hydrogen-bond donors (Lipinski definition) is 3. The van der Waals surface area contributed by atoms with E-state index in [4.69, 9.17) is 20.3 Å². The maximum absolute atomic E-state index is 11.0. The average molecular weight is 329 g/mol. The number of carbonyl (C=O) groups is 1. The zero-order valence-corrected chi connectivity index (χ0v) is 13.7. The van der Waals surface area contributed by atoms with Crippen LogP contribution in [-0.2, 0) is 21.7 Å². The van der Waals surface area contributed by atoms with Crippen LogP contribution in [0.15, 0.2) is 24.4 Å². The third-order valence-corrected chi connectivity index (χ3v) is 3.94. The number of nitrogens with two attached hydrogens (primary N) is 1. The summed E-state index contributed by atoms with van der Waals surface area (Å²) in [7, 11) is 1.61. The zero-order valence-electron chi connectivity index (χ0n) is 13.7. The van der Waals surface area contributed by atoms with Crippen molar-refractivity contribution < 1.29 is 19.4 Å². The van der Waals surface area contributed by atoms with Gasteiger partial charge in [0.05, 0.1) is 12.1 Å². The molecule has 0 saturated heterocycles. The van der Waals surface area contributed by atoms with E-state index in [1.165, 1.54) is 0 Å².